The smallest absolute Gasteiger partial charge is 0.213 e. The average Bonchev–Trinajstić information content (AvgIpc) is 1.86. The summed E-state index contributed by atoms with van der Waals surface area (Å²) in [6.45, 7) is 0.231. The van der Waals surface area contributed by atoms with Crippen LogP contribution in [0.25, 0.3) is 0 Å². The predicted molar refractivity (Wildman–Crippen MR) is 39.6 cm³/mol. The average molecular weight is 232 g/mol. The van der Waals surface area contributed by atoms with Gasteiger partial charge < -0.3 is 0 Å². The summed E-state index contributed by atoms with van der Waals surface area (Å²) in [5.41, 5.74) is 0. The first kappa shape index (κ1) is 9.32. The van der Waals surface area contributed by atoms with Crippen LogP contribution in [0.2, 0.25) is 0 Å². The molecule has 0 amide bonds. The van der Waals surface area contributed by atoms with Gasteiger partial charge in [-0.15, -0.1) is 0 Å². The monoisotopic (exact) mass is 231 g/mol. The van der Waals surface area contributed by atoms with E-state index in [4.69, 9.17) is 0 Å². The molecule has 0 N–H and O–H groups in total. The van der Waals surface area contributed by atoms with Crippen molar-refractivity contribution < 1.29 is 13.2 Å². The standard InChI is InChI=1S/C6H9BrF3N/c7-5-2-1-3-11(4-5)6(8,9)10/h5H,1-4H2/t5-/m1/s1. The SMILES string of the molecule is FC(F)(F)N1CCC[C@@H](Br)C1. The molecule has 5 heteroatoms. The van der Waals surface area contributed by atoms with Crippen LogP contribution in [0.15, 0.2) is 0 Å². The van der Waals surface area contributed by atoms with Crippen LogP contribution in [0.4, 0.5) is 13.2 Å². The molecule has 0 unspecified atom stereocenters. The van der Waals surface area contributed by atoms with Gasteiger partial charge in [-0.3, -0.25) is 0 Å². The van der Waals surface area contributed by atoms with Gasteiger partial charge in [0.05, 0.1) is 0 Å². The minimum absolute atomic E-state index is 0.00197. The molecule has 0 radical (unpaired) electrons. The topological polar surface area (TPSA) is 3.24 Å². The summed E-state index contributed by atoms with van der Waals surface area (Å²) in [6.07, 6.45) is -2.69. The van der Waals surface area contributed by atoms with Crippen LogP contribution >= 0.6 is 15.9 Å². The van der Waals surface area contributed by atoms with Gasteiger partial charge >= 0.3 is 6.30 Å². The second kappa shape index (κ2) is 3.31. The van der Waals surface area contributed by atoms with Gasteiger partial charge in [-0.1, -0.05) is 15.9 Å². The Labute approximate surface area is 71.7 Å². The van der Waals surface area contributed by atoms with Crippen LogP contribution in [0.1, 0.15) is 12.8 Å². The molecule has 0 aromatic rings. The molecule has 1 saturated heterocycles. The lowest BCUT2D eigenvalue weighted by molar-refractivity contribution is -0.248. The summed E-state index contributed by atoms with van der Waals surface area (Å²) in [7, 11) is 0. The molecule has 1 aliphatic rings. The third-order valence-corrected chi connectivity index (χ3v) is 2.47. The minimum atomic E-state index is -4.15. The molecule has 1 nitrogen and oxygen atoms in total. The van der Waals surface area contributed by atoms with E-state index in [1.807, 2.05) is 0 Å². The van der Waals surface area contributed by atoms with Crippen molar-refractivity contribution in [2.24, 2.45) is 0 Å². The quantitative estimate of drug-likeness (QED) is 0.457. The molecule has 1 fully saturated rings. The van der Waals surface area contributed by atoms with E-state index in [0.717, 1.165) is 6.42 Å². The van der Waals surface area contributed by atoms with E-state index in [0.29, 0.717) is 11.3 Å². The maximum absolute atomic E-state index is 12.0. The van der Waals surface area contributed by atoms with Crippen molar-refractivity contribution in [3.8, 4) is 0 Å². The third-order valence-electron chi connectivity index (χ3n) is 1.72. The summed E-state index contributed by atoms with van der Waals surface area (Å²) < 4.78 is 36.1. The van der Waals surface area contributed by atoms with Gasteiger partial charge in [0.15, 0.2) is 0 Å². The zero-order chi connectivity index (χ0) is 8.48. The van der Waals surface area contributed by atoms with Gasteiger partial charge in [-0.2, -0.15) is 13.2 Å². The van der Waals surface area contributed by atoms with Crippen LogP contribution in [-0.4, -0.2) is 29.1 Å². The molecule has 11 heavy (non-hydrogen) atoms. The van der Waals surface area contributed by atoms with Crippen LogP contribution in [-0.2, 0) is 0 Å². The Morgan fingerprint density at radius 2 is 2.00 bits per heavy atom. The zero-order valence-corrected chi connectivity index (χ0v) is 7.45. The minimum Gasteiger partial charge on any atom is -0.213 e. The number of rotatable bonds is 0. The van der Waals surface area contributed by atoms with Gasteiger partial charge in [0.1, 0.15) is 0 Å². The summed E-state index contributed by atoms with van der Waals surface area (Å²) >= 11 is 3.18. The molecule has 0 bridgehead atoms. The molecule has 1 aliphatic heterocycles. The van der Waals surface area contributed by atoms with Crippen LogP contribution in [0, 0.1) is 0 Å². The fourth-order valence-electron chi connectivity index (χ4n) is 1.16. The van der Waals surface area contributed by atoms with Crippen molar-refractivity contribution >= 4 is 15.9 Å². The second-order valence-corrected chi connectivity index (χ2v) is 3.95. The van der Waals surface area contributed by atoms with Gasteiger partial charge in [0, 0.05) is 17.9 Å². The van der Waals surface area contributed by atoms with E-state index >= 15 is 0 Å². The van der Waals surface area contributed by atoms with E-state index in [1.54, 1.807) is 0 Å². The van der Waals surface area contributed by atoms with Crippen LogP contribution in [0.3, 0.4) is 0 Å². The summed E-state index contributed by atoms with van der Waals surface area (Å²) in [5, 5.41) is 0. The molecule has 0 aliphatic carbocycles. The van der Waals surface area contributed by atoms with E-state index < -0.39 is 6.30 Å². The van der Waals surface area contributed by atoms with Crippen molar-refractivity contribution in [3.05, 3.63) is 0 Å². The van der Waals surface area contributed by atoms with E-state index in [1.165, 1.54) is 0 Å². The first-order chi connectivity index (χ1) is 5.00. The molecule has 0 aromatic heterocycles. The maximum atomic E-state index is 12.0. The number of hydrogen-bond acceptors (Lipinski definition) is 1. The van der Waals surface area contributed by atoms with Crippen molar-refractivity contribution in [1.82, 2.24) is 4.90 Å². The summed E-state index contributed by atoms with van der Waals surface area (Å²) in [4.78, 5) is 0.550. The lowest BCUT2D eigenvalue weighted by atomic mass is 10.1. The van der Waals surface area contributed by atoms with E-state index in [2.05, 4.69) is 15.9 Å². The van der Waals surface area contributed by atoms with Gasteiger partial charge in [0.2, 0.25) is 0 Å². The number of hydrogen-bond donors (Lipinski definition) is 0. The Balaban J connectivity index is 2.46. The molecule has 0 aromatic carbocycles. The fourth-order valence-corrected chi connectivity index (χ4v) is 1.83. The van der Waals surface area contributed by atoms with Gasteiger partial charge in [0.25, 0.3) is 0 Å². The van der Waals surface area contributed by atoms with Crippen molar-refractivity contribution in [3.63, 3.8) is 0 Å². The Kier molecular flexibility index (Phi) is 2.80. The lowest BCUT2D eigenvalue weighted by Gasteiger charge is -2.31. The molecule has 1 rings (SSSR count). The highest BCUT2D eigenvalue weighted by molar-refractivity contribution is 9.09. The Morgan fingerprint density at radius 1 is 1.36 bits per heavy atom. The molecular weight excluding hydrogens is 223 g/mol. The first-order valence-electron chi connectivity index (χ1n) is 3.46. The Bertz CT molecular complexity index is 136. The van der Waals surface area contributed by atoms with Gasteiger partial charge in [-0.25, -0.2) is 4.90 Å². The van der Waals surface area contributed by atoms with Gasteiger partial charge in [-0.05, 0) is 12.8 Å². The predicted octanol–water partition coefficient (Wildman–Crippen LogP) is 2.37. The van der Waals surface area contributed by atoms with Crippen molar-refractivity contribution in [2.75, 3.05) is 13.1 Å². The summed E-state index contributed by atoms with van der Waals surface area (Å²) in [5.74, 6) is 0. The highest BCUT2D eigenvalue weighted by atomic mass is 79.9. The summed E-state index contributed by atoms with van der Waals surface area (Å²) in [6, 6.07) is 0. The fraction of sp³-hybridized carbons (Fsp3) is 1.00. The number of likely N-dealkylation sites (tertiary alicyclic amines) is 1. The molecule has 1 heterocycles. The molecule has 66 valence electrons. The van der Waals surface area contributed by atoms with E-state index in [9.17, 15) is 13.2 Å². The number of piperidine rings is 1. The zero-order valence-electron chi connectivity index (χ0n) is 5.86. The van der Waals surface area contributed by atoms with Crippen molar-refractivity contribution in [1.29, 1.82) is 0 Å². The van der Waals surface area contributed by atoms with Crippen LogP contribution < -0.4 is 0 Å². The Hall–Kier alpha value is 0.230. The molecular formula is C6H9BrF3N. The normalized spacial score (nSPS) is 28.9. The second-order valence-electron chi connectivity index (χ2n) is 2.65. The number of nitrogens with zero attached hydrogens (tertiary/aromatic N) is 1. The maximum Gasteiger partial charge on any atom is 0.459 e. The number of alkyl halides is 4. The van der Waals surface area contributed by atoms with E-state index in [-0.39, 0.29) is 17.9 Å². The highest BCUT2D eigenvalue weighted by Gasteiger charge is 2.39. The number of halogens is 4. The first-order valence-corrected chi connectivity index (χ1v) is 4.37. The third kappa shape index (κ3) is 2.63. The lowest BCUT2D eigenvalue weighted by Crippen LogP contribution is -2.45. The molecule has 0 spiro atoms. The Morgan fingerprint density at radius 3 is 2.36 bits per heavy atom. The highest BCUT2D eigenvalue weighted by Crippen LogP contribution is 2.27. The molecule has 0 saturated carbocycles. The largest absolute Gasteiger partial charge is 0.459 e. The van der Waals surface area contributed by atoms with Crippen molar-refractivity contribution in [2.45, 2.75) is 24.0 Å². The molecule has 1 atom stereocenters. The van der Waals surface area contributed by atoms with Crippen LogP contribution in [0.5, 0.6) is 0 Å².